The van der Waals surface area contributed by atoms with Gasteiger partial charge in [0, 0.05) is 11.6 Å². The van der Waals surface area contributed by atoms with Crippen molar-refractivity contribution in [2.75, 3.05) is 19.5 Å². The van der Waals surface area contributed by atoms with Crippen molar-refractivity contribution in [2.45, 2.75) is 13.0 Å². The van der Waals surface area contributed by atoms with Crippen molar-refractivity contribution < 1.29 is 18.7 Å². The zero-order chi connectivity index (χ0) is 19.2. The van der Waals surface area contributed by atoms with Crippen molar-refractivity contribution in [3.8, 4) is 11.5 Å². The smallest absolute Gasteiger partial charge is 0.229 e. The number of aromatic nitrogens is 2. The number of benzene rings is 2. The first-order valence-corrected chi connectivity index (χ1v) is 8.36. The van der Waals surface area contributed by atoms with Gasteiger partial charge in [-0.15, -0.1) is 0 Å². The lowest BCUT2D eigenvalue weighted by Gasteiger charge is -2.14. The van der Waals surface area contributed by atoms with Crippen LogP contribution in [0.3, 0.4) is 0 Å². The molecule has 0 atom stereocenters. The molecule has 3 rings (SSSR count). The highest BCUT2D eigenvalue weighted by Crippen LogP contribution is 2.31. The molecule has 0 radical (unpaired) electrons. The highest BCUT2D eigenvalue weighted by Gasteiger charge is 2.13. The number of hydrogen-bond acceptors (Lipinski definition) is 4. The molecule has 0 saturated carbocycles. The van der Waals surface area contributed by atoms with Gasteiger partial charge in [0.2, 0.25) is 5.91 Å². The number of hydrogen-bond donors (Lipinski definition) is 1. The number of amides is 1. The molecule has 1 aromatic heterocycles. The van der Waals surface area contributed by atoms with Gasteiger partial charge in [-0.1, -0.05) is 24.3 Å². The van der Waals surface area contributed by atoms with E-state index in [1.54, 1.807) is 43.3 Å². The van der Waals surface area contributed by atoms with E-state index in [-0.39, 0.29) is 18.1 Å². The molecule has 0 aliphatic heterocycles. The van der Waals surface area contributed by atoms with Crippen molar-refractivity contribution in [1.29, 1.82) is 0 Å². The van der Waals surface area contributed by atoms with Gasteiger partial charge in [0.1, 0.15) is 11.6 Å². The molecule has 0 fully saturated rings. The summed E-state index contributed by atoms with van der Waals surface area (Å²) in [6.45, 7) is 0.392. The highest BCUT2D eigenvalue weighted by atomic mass is 19.1. The molecule has 1 heterocycles. The first-order valence-electron chi connectivity index (χ1n) is 8.36. The largest absolute Gasteiger partial charge is 0.493 e. The first kappa shape index (κ1) is 18.4. The van der Waals surface area contributed by atoms with E-state index in [4.69, 9.17) is 9.47 Å². The second-order valence-electron chi connectivity index (χ2n) is 5.88. The number of anilines is 1. The zero-order valence-corrected chi connectivity index (χ0v) is 15.1. The fourth-order valence-electron chi connectivity index (χ4n) is 2.82. The van der Waals surface area contributed by atoms with Crippen LogP contribution in [0.1, 0.15) is 11.1 Å². The molecule has 0 spiro atoms. The van der Waals surface area contributed by atoms with Gasteiger partial charge in [0.05, 0.1) is 33.4 Å². The van der Waals surface area contributed by atoms with Gasteiger partial charge in [-0.25, -0.2) is 9.07 Å². The highest BCUT2D eigenvalue weighted by molar-refractivity contribution is 5.91. The fraction of sp³-hybridized carbons (Fsp3) is 0.200. The number of rotatable bonds is 7. The summed E-state index contributed by atoms with van der Waals surface area (Å²) < 4.78 is 25.7. The van der Waals surface area contributed by atoms with Crippen LogP contribution in [-0.4, -0.2) is 29.9 Å². The number of methoxy groups -OCH3 is 2. The molecule has 0 unspecified atom stereocenters. The number of halogens is 1. The molecule has 27 heavy (non-hydrogen) atoms. The van der Waals surface area contributed by atoms with E-state index in [0.29, 0.717) is 29.4 Å². The standard InChI is InChI=1S/C20H20FN3O3/c1-26-17-8-4-6-15(20(17)27-2)13-24-18(9-10-22-24)23-19(25)12-14-5-3-7-16(21)11-14/h3-11H,12-13H2,1-2H3,(H,23,25). The van der Waals surface area contributed by atoms with Crippen molar-refractivity contribution in [2.24, 2.45) is 0 Å². The molecule has 0 aliphatic rings. The molecule has 3 aromatic rings. The summed E-state index contributed by atoms with van der Waals surface area (Å²) in [6, 6.07) is 13.3. The fourth-order valence-corrected chi connectivity index (χ4v) is 2.82. The number of carbonyl (C=O) groups is 1. The van der Waals surface area contributed by atoms with E-state index >= 15 is 0 Å². The summed E-state index contributed by atoms with van der Waals surface area (Å²) in [5.74, 6) is 1.17. The Morgan fingerprint density at radius 3 is 2.70 bits per heavy atom. The lowest BCUT2D eigenvalue weighted by Crippen LogP contribution is -2.18. The van der Waals surface area contributed by atoms with E-state index in [1.165, 1.54) is 12.1 Å². The minimum absolute atomic E-state index is 0.0748. The van der Waals surface area contributed by atoms with Crippen molar-refractivity contribution in [3.05, 3.63) is 71.7 Å². The summed E-state index contributed by atoms with van der Waals surface area (Å²) in [5, 5.41) is 7.07. The lowest BCUT2D eigenvalue weighted by molar-refractivity contribution is -0.115. The van der Waals surface area contributed by atoms with Crippen LogP contribution in [-0.2, 0) is 17.8 Å². The average molecular weight is 369 g/mol. The van der Waals surface area contributed by atoms with E-state index in [2.05, 4.69) is 10.4 Å². The molecule has 0 saturated heterocycles. The van der Waals surface area contributed by atoms with Gasteiger partial charge in [0.15, 0.2) is 11.5 Å². The molecular formula is C20H20FN3O3. The van der Waals surface area contributed by atoms with Crippen molar-refractivity contribution >= 4 is 11.7 Å². The molecule has 1 amide bonds. The summed E-state index contributed by atoms with van der Waals surface area (Å²) in [5.41, 5.74) is 1.47. The minimum Gasteiger partial charge on any atom is -0.493 e. The Morgan fingerprint density at radius 2 is 1.96 bits per heavy atom. The second-order valence-corrected chi connectivity index (χ2v) is 5.88. The van der Waals surface area contributed by atoms with Crippen LogP contribution in [0.25, 0.3) is 0 Å². The molecule has 1 N–H and O–H groups in total. The van der Waals surface area contributed by atoms with Crippen molar-refractivity contribution in [3.63, 3.8) is 0 Å². The van der Waals surface area contributed by atoms with E-state index in [0.717, 1.165) is 5.56 Å². The zero-order valence-electron chi connectivity index (χ0n) is 15.1. The average Bonchev–Trinajstić information content (AvgIpc) is 3.08. The quantitative estimate of drug-likeness (QED) is 0.694. The maximum absolute atomic E-state index is 13.3. The number of nitrogens with one attached hydrogen (secondary N) is 1. The molecular weight excluding hydrogens is 349 g/mol. The summed E-state index contributed by atoms with van der Waals surface area (Å²) in [4.78, 5) is 12.3. The van der Waals surface area contributed by atoms with Crippen LogP contribution in [0.4, 0.5) is 10.2 Å². The first-order chi connectivity index (χ1) is 13.1. The van der Waals surface area contributed by atoms with Gasteiger partial charge in [0.25, 0.3) is 0 Å². The summed E-state index contributed by atoms with van der Waals surface area (Å²) >= 11 is 0. The van der Waals surface area contributed by atoms with Crippen molar-refractivity contribution in [1.82, 2.24) is 9.78 Å². The van der Waals surface area contributed by atoms with Crippen LogP contribution in [0.2, 0.25) is 0 Å². The number of para-hydroxylation sites is 1. The third-order valence-electron chi connectivity index (χ3n) is 4.04. The number of carbonyl (C=O) groups excluding carboxylic acids is 1. The van der Waals surface area contributed by atoms with Crippen LogP contribution in [0.5, 0.6) is 11.5 Å². The Hall–Kier alpha value is -3.35. The Bertz CT molecular complexity index is 940. The van der Waals surface area contributed by atoms with Crippen LogP contribution in [0, 0.1) is 5.82 Å². The van der Waals surface area contributed by atoms with Gasteiger partial charge in [-0.3, -0.25) is 4.79 Å². The summed E-state index contributed by atoms with van der Waals surface area (Å²) in [6.07, 6.45) is 1.68. The Morgan fingerprint density at radius 1 is 1.15 bits per heavy atom. The Kier molecular flexibility index (Phi) is 5.71. The minimum atomic E-state index is -0.365. The monoisotopic (exact) mass is 369 g/mol. The van der Waals surface area contributed by atoms with E-state index < -0.39 is 0 Å². The van der Waals surface area contributed by atoms with E-state index in [9.17, 15) is 9.18 Å². The van der Waals surface area contributed by atoms with Gasteiger partial charge < -0.3 is 14.8 Å². The SMILES string of the molecule is COc1cccc(Cn2nccc2NC(=O)Cc2cccc(F)c2)c1OC. The maximum Gasteiger partial charge on any atom is 0.229 e. The third kappa shape index (κ3) is 4.44. The lowest BCUT2D eigenvalue weighted by atomic mass is 10.1. The molecule has 2 aromatic carbocycles. The molecule has 0 bridgehead atoms. The maximum atomic E-state index is 13.3. The van der Waals surface area contributed by atoms with Crippen LogP contribution >= 0.6 is 0 Å². The molecule has 140 valence electrons. The number of nitrogens with zero attached hydrogens (tertiary/aromatic N) is 2. The normalized spacial score (nSPS) is 10.5. The van der Waals surface area contributed by atoms with Gasteiger partial charge >= 0.3 is 0 Å². The Balaban J connectivity index is 1.74. The molecule has 0 aliphatic carbocycles. The predicted molar refractivity (Wildman–Crippen MR) is 99.6 cm³/mol. The van der Waals surface area contributed by atoms with E-state index in [1.807, 2.05) is 18.2 Å². The molecule has 7 heteroatoms. The topological polar surface area (TPSA) is 65.4 Å². The van der Waals surface area contributed by atoms with Crippen LogP contribution in [0.15, 0.2) is 54.7 Å². The second kappa shape index (κ2) is 8.35. The van der Waals surface area contributed by atoms with Gasteiger partial charge in [-0.2, -0.15) is 5.10 Å². The third-order valence-corrected chi connectivity index (χ3v) is 4.04. The molecule has 6 nitrogen and oxygen atoms in total. The number of ether oxygens (including phenoxy) is 2. The van der Waals surface area contributed by atoms with Crippen LogP contribution < -0.4 is 14.8 Å². The van der Waals surface area contributed by atoms with Gasteiger partial charge in [-0.05, 0) is 23.8 Å². The Labute approximate surface area is 156 Å². The summed E-state index contributed by atoms with van der Waals surface area (Å²) in [7, 11) is 3.15. The predicted octanol–water partition coefficient (Wildman–Crippen LogP) is 3.27.